The van der Waals surface area contributed by atoms with Crippen LogP contribution in [0.15, 0.2) is 46.2 Å². The fraction of sp³-hybridized carbons (Fsp3) is 0.409. The van der Waals surface area contributed by atoms with Crippen molar-refractivity contribution in [1.82, 2.24) is 14.8 Å². The summed E-state index contributed by atoms with van der Waals surface area (Å²) in [6.45, 7) is 8.63. The highest BCUT2D eigenvalue weighted by Crippen LogP contribution is 2.26. The van der Waals surface area contributed by atoms with Gasteiger partial charge in [0.05, 0.1) is 17.7 Å². The molecule has 1 saturated heterocycles. The van der Waals surface area contributed by atoms with Gasteiger partial charge < -0.3 is 13.9 Å². The molecule has 1 aliphatic heterocycles. The van der Waals surface area contributed by atoms with Crippen molar-refractivity contribution in [1.29, 1.82) is 0 Å². The minimum Gasteiger partial charge on any atom is -0.497 e. The third-order valence-corrected chi connectivity index (χ3v) is 6.06. The van der Waals surface area contributed by atoms with E-state index in [2.05, 4.69) is 9.80 Å². The van der Waals surface area contributed by atoms with Crippen LogP contribution >= 0.6 is 11.3 Å². The average Bonchev–Trinajstić information content (AvgIpc) is 3.40. The summed E-state index contributed by atoms with van der Waals surface area (Å²) in [6, 6.07) is 11.8. The van der Waals surface area contributed by atoms with E-state index in [0.29, 0.717) is 6.61 Å². The van der Waals surface area contributed by atoms with Crippen molar-refractivity contribution in [3.8, 4) is 22.3 Å². The van der Waals surface area contributed by atoms with Gasteiger partial charge in [-0.2, -0.15) is 0 Å². The van der Waals surface area contributed by atoms with Gasteiger partial charge in [-0.1, -0.05) is 6.07 Å². The number of piperazine rings is 1. The Morgan fingerprint density at radius 2 is 1.76 bits per heavy atom. The van der Waals surface area contributed by atoms with Crippen molar-refractivity contribution in [2.75, 3.05) is 46.4 Å². The number of benzene rings is 1. The molecule has 0 amide bonds. The van der Waals surface area contributed by atoms with Crippen molar-refractivity contribution >= 4 is 11.3 Å². The van der Waals surface area contributed by atoms with Crippen LogP contribution in [0, 0.1) is 6.92 Å². The monoisotopic (exact) mass is 413 g/mol. The highest BCUT2D eigenvalue weighted by Gasteiger charge is 2.20. The SMILES string of the molecule is COc1ccc(OCCN2CCN(Cc3nc(-c4cccs4)oc3C)CC2)cc1. The summed E-state index contributed by atoms with van der Waals surface area (Å²) in [5.74, 6) is 3.39. The number of aryl methyl sites for hydroxylation is 1. The van der Waals surface area contributed by atoms with E-state index in [1.807, 2.05) is 48.7 Å². The molecule has 2 aromatic heterocycles. The van der Waals surface area contributed by atoms with Gasteiger partial charge in [0.1, 0.15) is 23.9 Å². The Kier molecular flexibility index (Phi) is 6.49. The number of methoxy groups -OCH3 is 1. The topological polar surface area (TPSA) is 51.0 Å². The van der Waals surface area contributed by atoms with Crippen LogP contribution in [0.3, 0.4) is 0 Å². The first-order valence-electron chi connectivity index (χ1n) is 9.93. The van der Waals surface area contributed by atoms with Gasteiger partial charge in [0.15, 0.2) is 0 Å². The van der Waals surface area contributed by atoms with Crippen molar-refractivity contribution in [3.05, 3.63) is 53.2 Å². The molecule has 0 aliphatic carbocycles. The first kappa shape index (κ1) is 19.9. The van der Waals surface area contributed by atoms with Gasteiger partial charge in [0, 0.05) is 39.3 Å². The lowest BCUT2D eigenvalue weighted by atomic mass is 10.2. The minimum atomic E-state index is 0.693. The third-order valence-electron chi connectivity index (χ3n) is 5.20. The molecule has 0 saturated carbocycles. The van der Waals surface area contributed by atoms with E-state index in [1.54, 1.807) is 18.4 Å². The maximum atomic E-state index is 5.87. The second-order valence-electron chi connectivity index (χ2n) is 7.14. The largest absolute Gasteiger partial charge is 0.497 e. The standard InChI is InChI=1S/C22H27N3O3S/c1-17-20(23-22(28-17)21-4-3-15-29-21)16-25-11-9-24(10-12-25)13-14-27-19-7-5-18(26-2)6-8-19/h3-8,15H,9-14,16H2,1-2H3. The summed E-state index contributed by atoms with van der Waals surface area (Å²) < 4.78 is 16.9. The summed E-state index contributed by atoms with van der Waals surface area (Å²) in [6.07, 6.45) is 0. The Bertz CT molecular complexity index is 885. The normalized spacial score (nSPS) is 15.5. The summed E-state index contributed by atoms with van der Waals surface area (Å²) in [4.78, 5) is 10.7. The Hall–Kier alpha value is -2.35. The Labute approximate surface area is 175 Å². The first-order valence-corrected chi connectivity index (χ1v) is 10.8. The number of aromatic nitrogens is 1. The molecule has 0 atom stereocenters. The van der Waals surface area contributed by atoms with Gasteiger partial charge in [-0.3, -0.25) is 9.80 Å². The molecule has 0 unspecified atom stereocenters. The summed E-state index contributed by atoms with van der Waals surface area (Å²) in [5.41, 5.74) is 1.05. The van der Waals surface area contributed by atoms with Crippen molar-refractivity contribution in [2.24, 2.45) is 0 Å². The van der Waals surface area contributed by atoms with Crippen LogP contribution < -0.4 is 9.47 Å². The zero-order valence-corrected chi connectivity index (χ0v) is 17.8. The molecular weight excluding hydrogens is 386 g/mol. The molecule has 1 aliphatic rings. The maximum absolute atomic E-state index is 5.87. The van der Waals surface area contributed by atoms with Crippen LogP contribution in [-0.4, -0.2) is 61.2 Å². The second kappa shape index (κ2) is 9.43. The van der Waals surface area contributed by atoms with Crippen molar-refractivity contribution < 1.29 is 13.9 Å². The lowest BCUT2D eigenvalue weighted by Crippen LogP contribution is -2.47. The molecule has 6 nitrogen and oxygen atoms in total. The highest BCUT2D eigenvalue weighted by atomic mass is 32.1. The molecule has 1 aromatic carbocycles. The predicted octanol–water partition coefficient (Wildman–Crippen LogP) is 3.92. The Balaban J connectivity index is 1.20. The molecule has 3 heterocycles. The Morgan fingerprint density at radius 3 is 2.45 bits per heavy atom. The van der Waals surface area contributed by atoms with E-state index in [4.69, 9.17) is 18.9 Å². The van der Waals surface area contributed by atoms with E-state index in [0.717, 1.165) is 73.0 Å². The number of oxazole rings is 1. The van der Waals surface area contributed by atoms with Gasteiger partial charge in [-0.25, -0.2) is 4.98 Å². The molecule has 1 fully saturated rings. The fourth-order valence-electron chi connectivity index (χ4n) is 3.43. The molecule has 4 rings (SSSR count). The highest BCUT2D eigenvalue weighted by molar-refractivity contribution is 7.13. The molecule has 0 spiro atoms. The van der Waals surface area contributed by atoms with Crippen molar-refractivity contribution in [2.45, 2.75) is 13.5 Å². The Morgan fingerprint density at radius 1 is 1.03 bits per heavy atom. The summed E-state index contributed by atoms with van der Waals surface area (Å²) >= 11 is 1.66. The minimum absolute atomic E-state index is 0.693. The van der Waals surface area contributed by atoms with Crippen LogP contribution in [-0.2, 0) is 6.54 Å². The van der Waals surface area contributed by atoms with E-state index < -0.39 is 0 Å². The van der Waals surface area contributed by atoms with Gasteiger partial charge in [-0.15, -0.1) is 11.3 Å². The quantitative estimate of drug-likeness (QED) is 0.558. The van der Waals surface area contributed by atoms with E-state index in [9.17, 15) is 0 Å². The first-order chi connectivity index (χ1) is 14.2. The van der Waals surface area contributed by atoms with Crippen LogP contribution in [0.4, 0.5) is 0 Å². The molecule has 0 N–H and O–H groups in total. The summed E-state index contributed by atoms with van der Waals surface area (Å²) in [7, 11) is 1.67. The maximum Gasteiger partial charge on any atom is 0.236 e. The van der Waals surface area contributed by atoms with E-state index >= 15 is 0 Å². The molecule has 154 valence electrons. The zero-order valence-electron chi connectivity index (χ0n) is 17.0. The van der Waals surface area contributed by atoms with Crippen LogP contribution in [0.5, 0.6) is 11.5 Å². The van der Waals surface area contributed by atoms with Crippen LogP contribution in [0.1, 0.15) is 11.5 Å². The molecule has 3 aromatic rings. The fourth-order valence-corrected chi connectivity index (χ4v) is 4.08. The van der Waals surface area contributed by atoms with Crippen LogP contribution in [0.2, 0.25) is 0 Å². The molecular formula is C22H27N3O3S. The molecule has 29 heavy (non-hydrogen) atoms. The second-order valence-corrected chi connectivity index (χ2v) is 8.09. The molecule has 0 bridgehead atoms. The van der Waals surface area contributed by atoms with Gasteiger partial charge >= 0.3 is 0 Å². The van der Waals surface area contributed by atoms with Crippen molar-refractivity contribution in [3.63, 3.8) is 0 Å². The predicted molar refractivity (Wildman–Crippen MR) is 115 cm³/mol. The number of rotatable bonds is 8. The van der Waals surface area contributed by atoms with E-state index in [-0.39, 0.29) is 0 Å². The number of nitrogens with zero attached hydrogens (tertiary/aromatic N) is 3. The van der Waals surface area contributed by atoms with Gasteiger partial charge in [-0.05, 0) is 42.6 Å². The van der Waals surface area contributed by atoms with Gasteiger partial charge in [0.2, 0.25) is 5.89 Å². The molecule has 0 radical (unpaired) electrons. The average molecular weight is 414 g/mol. The molecule has 7 heteroatoms. The third kappa shape index (κ3) is 5.18. The zero-order chi connectivity index (χ0) is 20.1. The smallest absolute Gasteiger partial charge is 0.236 e. The lowest BCUT2D eigenvalue weighted by Gasteiger charge is -2.34. The van der Waals surface area contributed by atoms with E-state index in [1.165, 1.54) is 0 Å². The summed E-state index contributed by atoms with van der Waals surface area (Å²) in [5, 5.41) is 2.05. The lowest BCUT2D eigenvalue weighted by molar-refractivity contribution is 0.111. The number of thiophene rings is 1. The number of hydrogen-bond donors (Lipinski definition) is 0. The number of hydrogen-bond acceptors (Lipinski definition) is 7. The van der Waals surface area contributed by atoms with Crippen LogP contribution in [0.25, 0.3) is 10.8 Å². The number of ether oxygens (including phenoxy) is 2. The van der Waals surface area contributed by atoms with Gasteiger partial charge in [0.25, 0.3) is 0 Å².